The van der Waals surface area contributed by atoms with E-state index in [0.29, 0.717) is 12.0 Å². The molecule has 3 atom stereocenters. The van der Waals surface area contributed by atoms with Crippen LogP contribution in [-0.2, 0) is 32.6 Å². The monoisotopic (exact) mass is 528 g/mol. The van der Waals surface area contributed by atoms with E-state index >= 15 is 0 Å². The third-order valence-corrected chi connectivity index (χ3v) is 6.63. The number of primary amides is 1. The minimum atomic E-state index is -1.01. The summed E-state index contributed by atoms with van der Waals surface area (Å²) in [6, 6.07) is 8.46. The summed E-state index contributed by atoms with van der Waals surface area (Å²) in [6.45, 7) is 9.53. The molecule has 0 aromatic heterocycles. The molecule has 0 saturated heterocycles. The van der Waals surface area contributed by atoms with Gasteiger partial charge in [-0.15, -0.1) is 0 Å². The first-order chi connectivity index (χ1) is 17.6. The molecule has 38 heavy (non-hydrogen) atoms. The zero-order valence-electron chi connectivity index (χ0n) is 23.3. The van der Waals surface area contributed by atoms with E-state index in [2.05, 4.69) is 10.6 Å². The zero-order chi connectivity index (χ0) is 28.8. The van der Waals surface area contributed by atoms with E-state index in [4.69, 9.17) is 5.73 Å². The summed E-state index contributed by atoms with van der Waals surface area (Å²) in [5.41, 5.74) is 7.54. The van der Waals surface area contributed by atoms with Crippen LogP contribution in [0.15, 0.2) is 42.5 Å². The molecule has 0 heterocycles. The molecule has 9 heteroatoms. The number of nitrogens with two attached hydrogens (primary N) is 1. The maximum absolute atomic E-state index is 13.4. The number of carbonyl (C=O) groups excluding carboxylic acids is 3. The number of hydrogen-bond donors (Lipinski definition) is 4. The fourth-order valence-electron chi connectivity index (χ4n) is 4.50. The lowest BCUT2D eigenvalue weighted by Crippen LogP contribution is -2.58. The number of nitrogens with one attached hydrogen (secondary N) is 2. The van der Waals surface area contributed by atoms with Crippen molar-refractivity contribution in [3.63, 3.8) is 0 Å². The Hall–Kier alpha value is -3.46. The number of benzene rings is 2. The van der Waals surface area contributed by atoms with E-state index in [1.807, 2.05) is 34.6 Å². The maximum atomic E-state index is 13.4. The number of carbonyl (C=O) groups is 3. The van der Waals surface area contributed by atoms with Crippen LogP contribution in [0.5, 0.6) is 5.75 Å². The van der Waals surface area contributed by atoms with Gasteiger partial charge in [-0.25, -0.2) is 4.39 Å². The summed E-state index contributed by atoms with van der Waals surface area (Å²) in [4.78, 5) is 40.5. The molecule has 0 aliphatic heterocycles. The van der Waals surface area contributed by atoms with E-state index in [0.717, 1.165) is 11.1 Å². The lowest BCUT2D eigenvalue weighted by Gasteiger charge is -2.33. The van der Waals surface area contributed by atoms with Gasteiger partial charge in [-0.05, 0) is 59.7 Å². The second-order valence-corrected chi connectivity index (χ2v) is 11.1. The molecule has 0 fully saturated rings. The Morgan fingerprint density at radius 3 is 2.05 bits per heavy atom. The predicted molar refractivity (Wildman–Crippen MR) is 146 cm³/mol. The van der Waals surface area contributed by atoms with Crippen molar-refractivity contribution in [1.82, 2.24) is 15.5 Å². The topological polar surface area (TPSA) is 125 Å². The first kappa shape index (κ1) is 30.8. The number of rotatable bonds is 11. The van der Waals surface area contributed by atoms with Crippen molar-refractivity contribution in [2.24, 2.45) is 11.7 Å². The summed E-state index contributed by atoms with van der Waals surface area (Å²) in [7, 11) is 3.20. The molecule has 2 aromatic carbocycles. The number of amides is 3. The molecule has 0 bridgehead atoms. The highest BCUT2D eigenvalue weighted by Crippen LogP contribution is 2.31. The first-order valence-electron chi connectivity index (χ1n) is 12.8. The quantitative estimate of drug-likeness (QED) is 0.357. The highest BCUT2D eigenvalue weighted by atomic mass is 19.1. The van der Waals surface area contributed by atoms with Crippen molar-refractivity contribution >= 4 is 17.7 Å². The van der Waals surface area contributed by atoms with Gasteiger partial charge in [0.05, 0.1) is 6.04 Å². The Bertz CT molecular complexity index is 1130. The zero-order valence-corrected chi connectivity index (χ0v) is 23.3. The summed E-state index contributed by atoms with van der Waals surface area (Å²) in [5, 5.41) is 16.0. The standard InChI is InChI=1S/C29H41FN4O4/c1-17(2)25(34(7)28(38)23(32-6)15-18-8-11-20(30)12-9-18)27(37)33-22(26(31)36)16-19-10-13-24(35)21(14-19)29(3,4)5/h8-14,17,22-23,25,32,35H,15-16H2,1-7H3,(H2,31,36)(H,33,37). The Morgan fingerprint density at radius 1 is 1.00 bits per heavy atom. The lowest BCUT2D eigenvalue weighted by atomic mass is 9.84. The third kappa shape index (κ3) is 8.02. The van der Waals surface area contributed by atoms with Gasteiger partial charge in [-0.1, -0.05) is 58.9 Å². The Kier molecular flexibility index (Phi) is 10.4. The molecule has 8 nitrogen and oxygen atoms in total. The summed E-state index contributed by atoms with van der Waals surface area (Å²) in [5.74, 6) is -1.98. The van der Waals surface area contributed by atoms with Crippen molar-refractivity contribution in [2.75, 3.05) is 14.1 Å². The predicted octanol–water partition coefficient (Wildman–Crippen LogP) is 2.66. The van der Waals surface area contributed by atoms with Crippen LogP contribution in [0, 0.1) is 11.7 Å². The van der Waals surface area contributed by atoms with Crippen molar-refractivity contribution in [3.05, 3.63) is 65.0 Å². The van der Waals surface area contributed by atoms with Gasteiger partial charge in [0.15, 0.2) is 0 Å². The van der Waals surface area contributed by atoms with Crippen LogP contribution in [0.3, 0.4) is 0 Å². The van der Waals surface area contributed by atoms with Gasteiger partial charge in [0.25, 0.3) is 0 Å². The number of nitrogens with zero attached hydrogens (tertiary/aromatic N) is 1. The Morgan fingerprint density at radius 2 is 1.55 bits per heavy atom. The average Bonchev–Trinajstić information content (AvgIpc) is 2.82. The number of likely N-dealkylation sites (N-methyl/N-ethyl adjacent to an activating group) is 2. The molecule has 0 spiro atoms. The van der Waals surface area contributed by atoms with Crippen molar-refractivity contribution in [3.8, 4) is 5.75 Å². The van der Waals surface area contributed by atoms with Gasteiger partial charge in [-0.3, -0.25) is 14.4 Å². The molecule has 208 valence electrons. The van der Waals surface area contributed by atoms with Crippen LogP contribution in [0.4, 0.5) is 4.39 Å². The van der Waals surface area contributed by atoms with Crippen molar-refractivity contribution in [1.29, 1.82) is 0 Å². The largest absolute Gasteiger partial charge is 0.508 e. The summed E-state index contributed by atoms with van der Waals surface area (Å²) < 4.78 is 13.3. The smallest absolute Gasteiger partial charge is 0.243 e. The second-order valence-electron chi connectivity index (χ2n) is 11.1. The first-order valence-corrected chi connectivity index (χ1v) is 12.8. The maximum Gasteiger partial charge on any atom is 0.243 e. The highest BCUT2D eigenvalue weighted by Gasteiger charge is 2.34. The van der Waals surface area contributed by atoms with Gasteiger partial charge in [0.1, 0.15) is 23.7 Å². The fourth-order valence-corrected chi connectivity index (χ4v) is 4.50. The van der Waals surface area contributed by atoms with Crippen LogP contribution in [0.25, 0.3) is 0 Å². The van der Waals surface area contributed by atoms with Crippen LogP contribution >= 0.6 is 0 Å². The molecule has 0 aliphatic rings. The molecule has 5 N–H and O–H groups in total. The molecular formula is C29H41FN4O4. The summed E-state index contributed by atoms with van der Waals surface area (Å²) >= 11 is 0. The van der Waals surface area contributed by atoms with Gasteiger partial charge < -0.3 is 26.4 Å². The minimum absolute atomic E-state index is 0.136. The van der Waals surface area contributed by atoms with E-state index in [9.17, 15) is 23.9 Å². The number of halogens is 1. The Labute approximate surface area is 224 Å². The fraction of sp³-hybridized carbons (Fsp3) is 0.483. The highest BCUT2D eigenvalue weighted by molar-refractivity contribution is 5.93. The molecule has 2 rings (SSSR count). The molecule has 3 unspecified atom stereocenters. The lowest BCUT2D eigenvalue weighted by molar-refractivity contribution is -0.142. The van der Waals surface area contributed by atoms with E-state index in [1.165, 1.54) is 17.0 Å². The van der Waals surface area contributed by atoms with Crippen LogP contribution in [0.2, 0.25) is 0 Å². The molecule has 3 amide bonds. The van der Waals surface area contributed by atoms with Gasteiger partial charge >= 0.3 is 0 Å². The molecule has 0 aliphatic carbocycles. The van der Waals surface area contributed by atoms with Crippen molar-refractivity contribution in [2.45, 2.75) is 71.0 Å². The van der Waals surface area contributed by atoms with E-state index in [-0.39, 0.29) is 35.2 Å². The third-order valence-electron chi connectivity index (χ3n) is 6.63. The normalized spacial score (nSPS) is 14.0. The number of hydrogen-bond acceptors (Lipinski definition) is 5. The second kappa shape index (κ2) is 12.9. The van der Waals surface area contributed by atoms with Crippen LogP contribution < -0.4 is 16.4 Å². The average molecular weight is 529 g/mol. The minimum Gasteiger partial charge on any atom is -0.508 e. The molecule has 2 aromatic rings. The van der Waals surface area contributed by atoms with Crippen LogP contribution in [0.1, 0.15) is 51.3 Å². The van der Waals surface area contributed by atoms with Crippen molar-refractivity contribution < 1.29 is 23.9 Å². The number of phenolic OH excluding ortho intramolecular Hbond substituents is 1. The number of phenols is 1. The van der Waals surface area contributed by atoms with Gasteiger partial charge in [-0.2, -0.15) is 0 Å². The Balaban J connectivity index is 2.22. The van der Waals surface area contributed by atoms with E-state index < -0.39 is 29.9 Å². The molecule has 0 radical (unpaired) electrons. The number of aromatic hydroxyl groups is 1. The molecular weight excluding hydrogens is 487 g/mol. The van der Waals surface area contributed by atoms with Gasteiger partial charge in [0, 0.05) is 13.5 Å². The van der Waals surface area contributed by atoms with Gasteiger partial charge in [0.2, 0.25) is 17.7 Å². The SMILES string of the molecule is CNC(Cc1ccc(F)cc1)C(=O)N(C)C(C(=O)NC(Cc1ccc(O)c(C(C)(C)C)c1)C(N)=O)C(C)C. The summed E-state index contributed by atoms with van der Waals surface area (Å²) in [6.07, 6.45) is 0.448. The molecule has 0 saturated carbocycles. The van der Waals surface area contributed by atoms with Crippen LogP contribution in [-0.4, -0.2) is 59.9 Å². The van der Waals surface area contributed by atoms with E-state index in [1.54, 1.807) is 44.4 Å².